The molecule has 0 aliphatic carbocycles. The molecule has 260 valence electrons. The zero-order chi connectivity index (χ0) is 34.8. The summed E-state index contributed by atoms with van der Waals surface area (Å²) < 4.78 is 10.2. The molecule has 2 unspecified atom stereocenters. The van der Waals surface area contributed by atoms with Gasteiger partial charge in [-0.25, -0.2) is 9.97 Å². The number of hydrogen-bond donors (Lipinski definition) is 4. The van der Waals surface area contributed by atoms with Crippen LogP contribution in [0.1, 0.15) is 75.2 Å². The lowest BCUT2D eigenvalue weighted by molar-refractivity contribution is -0.126. The van der Waals surface area contributed by atoms with Gasteiger partial charge in [0.1, 0.15) is 30.3 Å². The number of likely N-dealkylation sites (N-methyl/N-ethyl adjacent to an activating group) is 1. The smallest absolute Gasteiger partial charge is 0.292 e. The van der Waals surface area contributed by atoms with Gasteiger partial charge in [0, 0.05) is 10.9 Å². The fraction of sp³-hybridized carbons (Fsp3) is 0.421. The van der Waals surface area contributed by atoms with E-state index in [1.165, 1.54) is 42.9 Å². The van der Waals surface area contributed by atoms with Gasteiger partial charge in [0.15, 0.2) is 0 Å². The molecule has 5 aromatic rings. The number of ether oxygens (including phenoxy) is 2. The molecule has 11 heteroatoms. The SMILES string of the molecule is CCC.CN1CCCC1c1nc2c(ccc3cc4c(cc32)OCc2cc(-c3cnc(C5CCCN5)[nH]3)ccc2-4)[nH]1.CNCC=O.COC=O. The molecule has 0 spiro atoms. The number of aldehydes is 1. The van der Waals surface area contributed by atoms with Crippen molar-refractivity contribution in [2.45, 2.75) is 64.6 Å². The summed E-state index contributed by atoms with van der Waals surface area (Å²) in [5.41, 5.74) is 7.91. The van der Waals surface area contributed by atoms with E-state index in [0.717, 1.165) is 82.9 Å². The lowest BCUT2D eigenvalue weighted by Gasteiger charge is -2.22. The van der Waals surface area contributed by atoms with Gasteiger partial charge in [-0.3, -0.25) is 9.69 Å². The van der Waals surface area contributed by atoms with Crippen molar-refractivity contribution in [3.63, 3.8) is 0 Å². The summed E-state index contributed by atoms with van der Waals surface area (Å²) in [6.07, 6.45) is 8.74. The molecular formula is C38H49N7O4. The number of likely N-dealkylation sites (tertiary alicyclic amines) is 1. The average molecular weight is 668 g/mol. The van der Waals surface area contributed by atoms with E-state index in [-0.39, 0.29) is 0 Å². The van der Waals surface area contributed by atoms with Crippen LogP contribution in [0.2, 0.25) is 0 Å². The number of fused-ring (bicyclic) bond motifs is 6. The van der Waals surface area contributed by atoms with E-state index in [1.807, 2.05) is 6.20 Å². The molecule has 3 aliphatic rings. The molecule has 4 N–H and O–H groups in total. The Labute approximate surface area is 288 Å². The lowest BCUT2D eigenvalue weighted by atomic mass is 9.92. The Morgan fingerprint density at radius 1 is 1.04 bits per heavy atom. The first-order valence-electron chi connectivity index (χ1n) is 17.2. The van der Waals surface area contributed by atoms with Crippen LogP contribution in [0.15, 0.2) is 48.7 Å². The van der Waals surface area contributed by atoms with Crippen LogP contribution >= 0.6 is 0 Å². The number of carbonyl (C=O) groups is 2. The number of nitrogens with zero attached hydrogens (tertiary/aromatic N) is 3. The first-order chi connectivity index (χ1) is 24.0. The predicted molar refractivity (Wildman–Crippen MR) is 195 cm³/mol. The molecule has 2 saturated heterocycles. The second kappa shape index (κ2) is 17.2. The number of nitrogens with one attached hydrogen (secondary N) is 4. The first-order valence-corrected chi connectivity index (χ1v) is 17.2. The van der Waals surface area contributed by atoms with Crippen molar-refractivity contribution >= 4 is 34.6 Å². The summed E-state index contributed by atoms with van der Waals surface area (Å²) in [6.45, 7) is 7.83. The summed E-state index contributed by atoms with van der Waals surface area (Å²) in [7, 11) is 5.23. The maximum absolute atomic E-state index is 9.34. The minimum absolute atomic E-state index is 0.339. The van der Waals surface area contributed by atoms with Gasteiger partial charge in [-0.2, -0.15) is 0 Å². The highest BCUT2D eigenvalue weighted by atomic mass is 16.5. The molecule has 3 aromatic carbocycles. The van der Waals surface area contributed by atoms with Gasteiger partial charge in [-0.1, -0.05) is 38.5 Å². The van der Waals surface area contributed by atoms with Gasteiger partial charge in [-0.05, 0) is 99.2 Å². The second-order valence-corrected chi connectivity index (χ2v) is 12.5. The highest BCUT2D eigenvalue weighted by molar-refractivity contribution is 6.07. The number of imidazole rings is 2. The molecule has 11 nitrogen and oxygen atoms in total. The Bertz CT molecular complexity index is 1840. The minimum Gasteiger partial charge on any atom is -0.488 e. The molecule has 0 radical (unpaired) electrons. The molecule has 0 bridgehead atoms. The van der Waals surface area contributed by atoms with E-state index >= 15 is 0 Å². The second-order valence-electron chi connectivity index (χ2n) is 12.5. The standard InChI is InChI=1S/C30H30N6O.C3H7NO.C3H8.C2H4O2/c1-36-11-3-5-26(36)30-33-23-9-7-17-13-22-20-8-6-18(25-15-32-29(34-25)24-4-2-10-31-24)12-19(20)16-37-27(22)14-21(17)28(23)35-30;1-4-2-3-5;1-3-2;1-4-2-3/h6-9,12-15,24,26,31H,2-5,10-11,16H2,1H3,(H,32,34)(H,33,35);3-4H,2H2,1H3;3H2,1-2H3;2H,1H3. The van der Waals surface area contributed by atoms with Gasteiger partial charge in [0.05, 0.1) is 48.7 Å². The van der Waals surface area contributed by atoms with Crippen molar-refractivity contribution in [2.75, 3.05) is 40.8 Å². The summed E-state index contributed by atoms with van der Waals surface area (Å²) in [5.74, 6) is 3.04. The quantitative estimate of drug-likeness (QED) is 0.150. The third-order valence-corrected chi connectivity index (χ3v) is 8.88. The molecular weight excluding hydrogens is 618 g/mol. The van der Waals surface area contributed by atoms with Crippen molar-refractivity contribution in [3.05, 3.63) is 65.9 Å². The summed E-state index contributed by atoms with van der Waals surface area (Å²) in [5, 5.41) is 8.50. The first kappa shape index (κ1) is 35.7. The highest BCUT2D eigenvalue weighted by Gasteiger charge is 2.26. The van der Waals surface area contributed by atoms with Gasteiger partial charge >= 0.3 is 0 Å². The normalized spacial score (nSPS) is 17.7. The molecule has 3 aliphatic heterocycles. The van der Waals surface area contributed by atoms with Crippen LogP contribution < -0.4 is 15.4 Å². The molecule has 8 rings (SSSR count). The number of carbonyl (C=O) groups excluding carboxylic acids is 2. The number of aromatic amines is 2. The zero-order valence-electron chi connectivity index (χ0n) is 29.3. The third kappa shape index (κ3) is 8.18. The van der Waals surface area contributed by atoms with Gasteiger partial charge in [0.2, 0.25) is 0 Å². The van der Waals surface area contributed by atoms with Crippen LogP contribution in [-0.4, -0.2) is 78.4 Å². The molecule has 49 heavy (non-hydrogen) atoms. The monoisotopic (exact) mass is 667 g/mol. The molecule has 0 amide bonds. The lowest BCUT2D eigenvalue weighted by Crippen LogP contribution is -2.18. The van der Waals surface area contributed by atoms with Crippen molar-refractivity contribution < 1.29 is 19.1 Å². The topological polar surface area (TPSA) is 137 Å². The average Bonchev–Trinajstić information content (AvgIpc) is 3.95. The summed E-state index contributed by atoms with van der Waals surface area (Å²) in [6, 6.07) is 16.2. The van der Waals surface area contributed by atoms with Crippen molar-refractivity contribution in [1.29, 1.82) is 0 Å². The van der Waals surface area contributed by atoms with Crippen molar-refractivity contribution in [3.8, 4) is 28.1 Å². The Kier molecular flexibility index (Phi) is 12.5. The largest absolute Gasteiger partial charge is 0.488 e. The van der Waals surface area contributed by atoms with Crippen LogP contribution in [0, 0.1) is 0 Å². The maximum Gasteiger partial charge on any atom is 0.292 e. The predicted octanol–water partition coefficient (Wildman–Crippen LogP) is 6.47. The number of aromatic nitrogens is 4. The molecule has 2 aromatic heterocycles. The molecule has 2 fully saturated rings. The molecule has 2 atom stereocenters. The Morgan fingerprint density at radius 2 is 1.86 bits per heavy atom. The summed E-state index contributed by atoms with van der Waals surface area (Å²) >= 11 is 0. The van der Waals surface area contributed by atoms with E-state index in [9.17, 15) is 4.79 Å². The third-order valence-electron chi connectivity index (χ3n) is 8.88. The molecule has 0 saturated carbocycles. The van der Waals surface area contributed by atoms with E-state index in [0.29, 0.717) is 31.7 Å². The van der Waals surface area contributed by atoms with Gasteiger partial charge in [0.25, 0.3) is 6.47 Å². The van der Waals surface area contributed by atoms with E-state index < -0.39 is 0 Å². The maximum atomic E-state index is 9.34. The van der Waals surface area contributed by atoms with Crippen molar-refractivity contribution in [1.82, 2.24) is 35.5 Å². The number of rotatable bonds is 6. The highest BCUT2D eigenvalue weighted by Crippen LogP contribution is 2.43. The van der Waals surface area contributed by atoms with Gasteiger partial charge in [-0.15, -0.1) is 0 Å². The van der Waals surface area contributed by atoms with Crippen LogP contribution in [-0.2, 0) is 20.9 Å². The van der Waals surface area contributed by atoms with Crippen molar-refractivity contribution in [2.24, 2.45) is 0 Å². The van der Waals surface area contributed by atoms with Gasteiger partial charge < -0.3 is 34.9 Å². The Balaban J connectivity index is 0.000000342. The number of benzene rings is 3. The number of hydrogen-bond acceptors (Lipinski definition) is 9. The number of methoxy groups -OCH3 is 1. The number of H-pyrrole nitrogens is 2. The van der Waals surface area contributed by atoms with E-state index in [2.05, 4.69) is 98.6 Å². The Morgan fingerprint density at radius 3 is 2.51 bits per heavy atom. The fourth-order valence-electron chi connectivity index (χ4n) is 6.55. The van der Waals surface area contributed by atoms with Crippen LogP contribution in [0.3, 0.4) is 0 Å². The van der Waals surface area contributed by atoms with Crippen LogP contribution in [0.5, 0.6) is 5.75 Å². The van der Waals surface area contributed by atoms with E-state index in [1.54, 1.807) is 7.05 Å². The van der Waals surface area contributed by atoms with Crippen LogP contribution in [0.25, 0.3) is 44.2 Å². The van der Waals surface area contributed by atoms with E-state index in [4.69, 9.17) is 14.5 Å². The Hall–Kier alpha value is -4.58. The fourth-order valence-corrected chi connectivity index (χ4v) is 6.55. The summed E-state index contributed by atoms with van der Waals surface area (Å²) in [4.78, 5) is 37.5. The minimum atomic E-state index is 0.339. The zero-order valence-corrected chi connectivity index (χ0v) is 29.3. The molecule has 5 heterocycles. The van der Waals surface area contributed by atoms with Crippen LogP contribution in [0.4, 0.5) is 0 Å².